The van der Waals surface area contributed by atoms with Gasteiger partial charge in [-0.15, -0.1) is 11.6 Å². The Hall–Kier alpha value is -1.89. The molecule has 1 N–H and O–H groups in total. The summed E-state index contributed by atoms with van der Waals surface area (Å²) in [6.07, 6.45) is 4.67. The van der Waals surface area contributed by atoms with Gasteiger partial charge in [-0.05, 0) is 29.7 Å². The molecule has 0 saturated heterocycles. The van der Waals surface area contributed by atoms with Gasteiger partial charge in [0.05, 0.1) is 24.2 Å². The molecular formula is C19H24Cl2N4O2. The molecule has 27 heavy (non-hydrogen) atoms. The first-order chi connectivity index (χ1) is 12.7. The van der Waals surface area contributed by atoms with E-state index in [-0.39, 0.29) is 17.6 Å². The van der Waals surface area contributed by atoms with Gasteiger partial charge in [0.2, 0.25) is 0 Å². The van der Waals surface area contributed by atoms with Crippen molar-refractivity contribution in [1.29, 1.82) is 0 Å². The van der Waals surface area contributed by atoms with Crippen LogP contribution in [-0.4, -0.2) is 37.7 Å². The van der Waals surface area contributed by atoms with Crippen LogP contribution in [0.2, 0.25) is 5.02 Å². The van der Waals surface area contributed by atoms with Gasteiger partial charge >= 0.3 is 5.69 Å². The quantitative estimate of drug-likeness (QED) is 0.560. The minimum Gasteiger partial charge on any atom is -0.391 e. The summed E-state index contributed by atoms with van der Waals surface area (Å²) in [4.78, 5) is 16.9. The minimum absolute atomic E-state index is 0.115. The summed E-state index contributed by atoms with van der Waals surface area (Å²) >= 11 is 11.5. The van der Waals surface area contributed by atoms with Crippen LogP contribution in [0.5, 0.6) is 0 Å². The highest BCUT2D eigenvalue weighted by atomic mass is 35.5. The lowest BCUT2D eigenvalue weighted by molar-refractivity contribution is 0.0440. The van der Waals surface area contributed by atoms with Gasteiger partial charge in [0.15, 0.2) is 0 Å². The molecule has 1 atom stereocenters. The first-order valence-electron chi connectivity index (χ1n) is 8.59. The van der Waals surface area contributed by atoms with Crippen LogP contribution in [0, 0.1) is 5.41 Å². The van der Waals surface area contributed by atoms with Gasteiger partial charge < -0.3 is 5.11 Å². The second kappa shape index (κ2) is 9.35. The lowest BCUT2D eigenvalue weighted by Crippen LogP contribution is -2.35. The predicted molar refractivity (Wildman–Crippen MR) is 110 cm³/mol. The Morgan fingerprint density at radius 1 is 1.30 bits per heavy atom. The summed E-state index contributed by atoms with van der Waals surface area (Å²) in [6.45, 7) is 5.86. The van der Waals surface area contributed by atoms with E-state index in [0.29, 0.717) is 28.8 Å². The van der Waals surface area contributed by atoms with Crippen LogP contribution in [0.25, 0.3) is 5.69 Å². The Bertz CT molecular complexity index is 861. The summed E-state index contributed by atoms with van der Waals surface area (Å²) in [6, 6.07) is 6.95. The standard InChI is InChI=1S/C19H24Cl2N4O2/c1-19(2,3)16(26)13-24-18(27)25(15-8-6-14(21)7-9-15)17(23-24)5-4-11-22-12-10-20/h4,6-9,11-12,16,26H,5,10,13H2,1-3H3/b11-4-,22-12?. The maximum absolute atomic E-state index is 12.9. The maximum atomic E-state index is 12.9. The number of halogens is 2. The molecule has 0 fully saturated rings. The third-order valence-electron chi connectivity index (χ3n) is 4.00. The van der Waals surface area contributed by atoms with E-state index in [0.717, 1.165) is 0 Å². The van der Waals surface area contributed by atoms with E-state index in [4.69, 9.17) is 23.2 Å². The molecule has 0 aliphatic heterocycles. The number of benzene rings is 1. The third kappa shape index (κ3) is 5.79. The van der Waals surface area contributed by atoms with Crippen molar-refractivity contribution in [2.24, 2.45) is 10.4 Å². The van der Waals surface area contributed by atoms with Gasteiger partial charge in [0, 0.05) is 23.9 Å². The Balaban J connectivity index is 2.41. The molecule has 2 aromatic rings. The van der Waals surface area contributed by atoms with Gasteiger partial charge in [-0.25, -0.2) is 14.0 Å². The van der Waals surface area contributed by atoms with Crippen LogP contribution in [0.4, 0.5) is 0 Å². The molecule has 146 valence electrons. The van der Waals surface area contributed by atoms with E-state index in [2.05, 4.69) is 10.1 Å². The van der Waals surface area contributed by atoms with Crippen LogP contribution in [-0.2, 0) is 13.0 Å². The minimum atomic E-state index is -0.708. The fourth-order valence-electron chi connectivity index (χ4n) is 2.31. The first-order valence-corrected chi connectivity index (χ1v) is 9.50. The van der Waals surface area contributed by atoms with E-state index in [1.165, 1.54) is 9.25 Å². The molecule has 0 aliphatic rings. The molecule has 0 bridgehead atoms. The molecule has 2 rings (SSSR count). The summed E-state index contributed by atoms with van der Waals surface area (Å²) in [5.74, 6) is 0.875. The average molecular weight is 411 g/mol. The van der Waals surface area contributed by atoms with Crippen molar-refractivity contribution < 1.29 is 5.11 Å². The molecule has 0 saturated carbocycles. The highest BCUT2D eigenvalue weighted by molar-refractivity contribution is 6.30. The SMILES string of the molecule is CC(C)(C)C(O)Cn1nc(C/C=C\N=CCCl)n(-c2ccc(Cl)cc2)c1=O. The van der Waals surface area contributed by atoms with E-state index >= 15 is 0 Å². The number of aliphatic imine (C=N–C) groups is 1. The molecule has 8 heteroatoms. The van der Waals surface area contributed by atoms with Gasteiger partial charge in [0.1, 0.15) is 5.82 Å². The van der Waals surface area contributed by atoms with Crippen molar-refractivity contribution in [3.05, 3.63) is 57.9 Å². The first kappa shape index (κ1) is 21.4. The van der Waals surface area contributed by atoms with Crippen LogP contribution >= 0.6 is 23.2 Å². The van der Waals surface area contributed by atoms with Crippen LogP contribution in [0.1, 0.15) is 26.6 Å². The van der Waals surface area contributed by atoms with Crippen LogP contribution < -0.4 is 5.69 Å². The van der Waals surface area contributed by atoms with Crippen molar-refractivity contribution in [3.8, 4) is 5.69 Å². The summed E-state index contributed by atoms with van der Waals surface area (Å²) in [5.41, 5.74) is -0.0124. The van der Waals surface area contributed by atoms with Gasteiger partial charge in [0.25, 0.3) is 0 Å². The third-order valence-corrected chi connectivity index (χ3v) is 4.39. The molecule has 1 aromatic heterocycles. The molecule has 1 heterocycles. The molecule has 0 spiro atoms. The number of nitrogens with zero attached hydrogens (tertiary/aromatic N) is 4. The van der Waals surface area contributed by atoms with Gasteiger partial charge in [-0.3, -0.25) is 4.99 Å². The Morgan fingerprint density at radius 3 is 2.56 bits per heavy atom. The Kier molecular flexibility index (Phi) is 7.41. The number of aliphatic hydroxyl groups is 1. The fourth-order valence-corrected chi connectivity index (χ4v) is 2.52. The van der Waals surface area contributed by atoms with Crippen molar-refractivity contribution in [1.82, 2.24) is 14.3 Å². The summed E-state index contributed by atoms with van der Waals surface area (Å²) in [7, 11) is 0. The second-order valence-corrected chi connectivity index (χ2v) is 7.89. The molecule has 0 amide bonds. The Morgan fingerprint density at radius 2 is 1.96 bits per heavy atom. The lowest BCUT2D eigenvalue weighted by Gasteiger charge is -2.25. The van der Waals surface area contributed by atoms with E-state index < -0.39 is 6.10 Å². The van der Waals surface area contributed by atoms with Crippen LogP contribution in [0.3, 0.4) is 0 Å². The number of rotatable bonds is 7. The van der Waals surface area contributed by atoms with Crippen molar-refractivity contribution in [3.63, 3.8) is 0 Å². The van der Waals surface area contributed by atoms with Crippen LogP contribution in [0.15, 0.2) is 46.3 Å². The number of aliphatic hydroxyl groups excluding tert-OH is 1. The second-order valence-electron chi connectivity index (χ2n) is 7.15. The smallest absolute Gasteiger partial charge is 0.350 e. The maximum Gasteiger partial charge on any atom is 0.350 e. The molecule has 6 nitrogen and oxygen atoms in total. The largest absolute Gasteiger partial charge is 0.391 e. The fraction of sp³-hybridized carbons (Fsp3) is 0.421. The molecule has 0 aliphatic carbocycles. The summed E-state index contributed by atoms with van der Waals surface area (Å²) < 4.78 is 2.82. The number of aromatic nitrogens is 3. The molecule has 0 radical (unpaired) electrons. The number of allylic oxidation sites excluding steroid dienone is 1. The van der Waals surface area contributed by atoms with Crippen molar-refractivity contribution in [2.45, 2.75) is 39.8 Å². The zero-order valence-corrected chi connectivity index (χ0v) is 17.2. The summed E-state index contributed by atoms with van der Waals surface area (Å²) in [5, 5.41) is 15.4. The highest BCUT2D eigenvalue weighted by Gasteiger charge is 2.25. The van der Waals surface area contributed by atoms with Crippen molar-refractivity contribution >= 4 is 29.4 Å². The highest BCUT2D eigenvalue weighted by Crippen LogP contribution is 2.20. The predicted octanol–water partition coefficient (Wildman–Crippen LogP) is 3.46. The number of hydrogen-bond donors (Lipinski definition) is 1. The van der Waals surface area contributed by atoms with E-state index in [1.54, 1.807) is 42.8 Å². The molecular weight excluding hydrogens is 387 g/mol. The van der Waals surface area contributed by atoms with Gasteiger partial charge in [-0.1, -0.05) is 38.4 Å². The monoisotopic (exact) mass is 410 g/mol. The molecule has 1 unspecified atom stereocenters. The Labute approximate surface area is 168 Å². The molecule has 1 aromatic carbocycles. The number of hydrogen-bond acceptors (Lipinski definition) is 4. The van der Waals surface area contributed by atoms with E-state index in [9.17, 15) is 9.90 Å². The zero-order valence-electron chi connectivity index (χ0n) is 15.6. The number of alkyl halides is 1. The average Bonchev–Trinajstić information content (AvgIpc) is 2.90. The van der Waals surface area contributed by atoms with E-state index in [1.807, 2.05) is 20.8 Å². The zero-order chi connectivity index (χ0) is 20.0. The van der Waals surface area contributed by atoms with Gasteiger partial charge in [-0.2, -0.15) is 5.10 Å². The van der Waals surface area contributed by atoms with Crippen molar-refractivity contribution in [2.75, 3.05) is 5.88 Å². The normalized spacial score (nSPS) is 13.7. The lowest BCUT2D eigenvalue weighted by atomic mass is 9.89. The topological polar surface area (TPSA) is 72.4 Å².